The molecule has 0 atom stereocenters. The second-order valence-electron chi connectivity index (χ2n) is 4.10. The summed E-state index contributed by atoms with van der Waals surface area (Å²) in [6, 6.07) is 8.43. The summed E-state index contributed by atoms with van der Waals surface area (Å²) in [6.45, 7) is 2.07. The first-order chi connectivity index (χ1) is 9.19. The Kier molecular flexibility index (Phi) is 3.21. The lowest BCUT2D eigenvalue weighted by molar-refractivity contribution is 0.630. The van der Waals surface area contributed by atoms with Crippen molar-refractivity contribution in [1.29, 1.82) is 0 Å². The van der Waals surface area contributed by atoms with Crippen LogP contribution in [0.3, 0.4) is 0 Å². The molecule has 19 heavy (non-hydrogen) atoms. The van der Waals surface area contributed by atoms with Crippen LogP contribution in [0.2, 0.25) is 5.15 Å². The van der Waals surface area contributed by atoms with Crippen LogP contribution in [-0.2, 0) is 6.42 Å². The number of hydrogen-bond acceptors (Lipinski definition) is 3. The lowest BCUT2D eigenvalue weighted by Crippen LogP contribution is -1.92. The number of benzene rings is 1. The molecule has 2 aromatic heterocycles. The minimum atomic E-state index is -0.342. The molecule has 1 aromatic carbocycles. The van der Waals surface area contributed by atoms with E-state index in [0.717, 1.165) is 16.6 Å². The largest absolute Gasteiger partial charge is 0.217 e. The van der Waals surface area contributed by atoms with Crippen molar-refractivity contribution in [2.24, 2.45) is 0 Å². The summed E-state index contributed by atoms with van der Waals surface area (Å²) in [4.78, 5) is 10.6. The lowest BCUT2D eigenvalue weighted by Gasteiger charge is -2.02. The third kappa shape index (κ3) is 2.22. The summed E-state index contributed by atoms with van der Waals surface area (Å²) in [5, 5.41) is 1.21. The monoisotopic (exact) mass is 292 g/mol. The molecule has 0 fully saturated rings. The summed E-state index contributed by atoms with van der Waals surface area (Å²) in [5.74, 6) is -0.00899. The van der Waals surface area contributed by atoms with Crippen LogP contribution in [0.25, 0.3) is 21.6 Å². The molecule has 2 nitrogen and oxygen atoms in total. The molecule has 0 bridgehead atoms. The molecular formula is C14H10ClFN2S. The zero-order chi connectivity index (χ0) is 13.4. The maximum atomic E-state index is 13.8. The summed E-state index contributed by atoms with van der Waals surface area (Å²) < 4.78 is 13.8. The molecule has 0 spiro atoms. The standard InChI is InChI=1S/C14H10ClFN2S/c1-2-8-7-10-12(15)17-13(18-14(10)19-8)9-5-3-4-6-11(9)16/h3-7H,2H2,1H3. The van der Waals surface area contributed by atoms with E-state index in [1.807, 2.05) is 6.07 Å². The van der Waals surface area contributed by atoms with Crippen LogP contribution < -0.4 is 0 Å². The third-order valence-electron chi connectivity index (χ3n) is 2.86. The minimum Gasteiger partial charge on any atom is -0.217 e. The molecule has 0 N–H and O–H groups in total. The van der Waals surface area contributed by atoms with Gasteiger partial charge in [0.1, 0.15) is 15.8 Å². The zero-order valence-electron chi connectivity index (χ0n) is 10.2. The van der Waals surface area contributed by atoms with Crippen molar-refractivity contribution in [2.45, 2.75) is 13.3 Å². The van der Waals surface area contributed by atoms with Gasteiger partial charge in [-0.1, -0.05) is 30.7 Å². The molecule has 0 aliphatic carbocycles. The highest BCUT2D eigenvalue weighted by Gasteiger charge is 2.13. The summed E-state index contributed by atoms with van der Waals surface area (Å²) in [6.07, 6.45) is 0.923. The van der Waals surface area contributed by atoms with Crippen LogP contribution in [0.4, 0.5) is 4.39 Å². The Hall–Kier alpha value is -1.52. The summed E-state index contributed by atoms with van der Waals surface area (Å²) in [7, 11) is 0. The van der Waals surface area contributed by atoms with Crippen molar-refractivity contribution >= 4 is 33.2 Å². The van der Waals surface area contributed by atoms with Gasteiger partial charge in [-0.2, -0.15) is 0 Å². The Morgan fingerprint density at radius 1 is 1.26 bits per heavy atom. The molecule has 5 heteroatoms. The number of halogens is 2. The van der Waals surface area contributed by atoms with Gasteiger partial charge in [-0.05, 0) is 24.6 Å². The number of aromatic nitrogens is 2. The predicted octanol–water partition coefficient (Wildman–Crippen LogP) is 4.71. The van der Waals surface area contributed by atoms with E-state index >= 15 is 0 Å². The van der Waals surface area contributed by atoms with Gasteiger partial charge in [-0.15, -0.1) is 11.3 Å². The molecule has 0 radical (unpaired) electrons. The average Bonchev–Trinajstić information content (AvgIpc) is 2.83. The van der Waals surface area contributed by atoms with E-state index in [4.69, 9.17) is 11.6 Å². The van der Waals surface area contributed by atoms with E-state index in [1.54, 1.807) is 29.5 Å². The van der Waals surface area contributed by atoms with Crippen molar-refractivity contribution < 1.29 is 4.39 Å². The van der Waals surface area contributed by atoms with Crippen molar-refractivity contribution in [2.75, 3.05) is 0 Å². The molecule has 96 valence electrons. The van der Waals surface area contributed by atoms with Crippen LogP contribution in [0.5, 0.6) is 0 Å². The fourth-order valence-electron chi connectivity index (χ4n) is 1.87. The van der Waals surface area contributed by atoms with Gasteiger partial charge in [0, 0.05) is 10.3 Å². The molecule has 3 aromatic rings. The van der Waals surface area contributed by atoms with Crippen LogP contribution >= 0.6 is 22.9 Å². The van der Waals surface area contributed by atoms with E-state index in [2.05, 4.69) is 16.9 Å². The Morgan fingerprint density at radius 2 is 2.05 bits per heavy atom. The van der Waals surface area contributed by atoms with Crippen LogP contribution in [0.1, 0.15) is 11.8 Å². The first-order valence-electron chi connectivity index (χ1n) is 5.90. The third-order valence-corrected chi connectivity index (χ3v) is 4.32. The van der Waals surface area contributed by atoms with Gasteiger partial charge in [0.15, 0.2) is 5.82 Å². The Balaban J connectivity index is 2.23. The maximum absolute atomic E-state index is 13.8. The molecule has 0 saturated carbocycles. The molecule has 0 amide bonds. The number of nitrogens with zero attached hydrogens (tertiary/aromatic N) is 2. The summed E-state index contributed by atoms with van der Waals surface area (Å²) in [5.41, 5.74) is 0.373. The fraction of sp³-hybridized carbons (Fsp3) is 0.143. The smallest absolute Gasteiger partial charge is 0.165 e. The Labute approximate surface area is 118 Å². The topological polar surface area (TPSA) is 25.8 Å². The van der Waals surface area contributed by atoms with Crippen molar-refractivity contribution in [3.8, 4) is 11.4 Å². The van der Waals surface area contributed by atoms with Gasteiger partial charge in [0.05, 0.1) is 5.56 Å². The molecule has 0 unspecified atom stereocenters. The van der Waals surface area contributed by atoms with Gasteiger partial charge in [0.2, 0.25) is 0 Å². The van der Waals surface area contributed by atoms with Crippen LogP contribution in [-0.4, -0.2) is 9.97 Å². The zero-order valence-corrected chi connectivity index (χ0v) is 11.7. The van der Waals surface area contributed by atoms with Gasteiger partial charge < -0.3 is 0 Å². The SMILES string of the molecule is CCc1cc2c(Cl)nc(-c3ccccc3F)nc2s1. The van der Waals surface area contributed by atoms with Crippen molar-refractivity contribution in [3.63, 3.8) is 0 Å². The molecule has 0 aliphatic heterocycles. The first kappa shape index (κ1) is 12.5. The number of rotatable bonds is 2. The second-order valence-corrected chi connectivity index (χ2v) is 5.58. The number of thiophene rings is 1. The predicted molar refractivity (Wildman–Crippen MR) is 77.2 cm³/mol. The summed E-state index contributed by atoms with van der Waals surface area (Å²) >= 11 is 7.74. The van der Waals surface area contributed by atoms with Gasteiger partial charge in [-0.3, -0.25) is 0 Å². The molecular weight excluding hydrogens is 283 g/mol. The Morgan fingerprint density at radius 3 is 2.79 bits per heavy atom. The van der Waals surface area contributed by atoms with Crippen LogP contribution in [0, 0.1) is 5.82 Å². The lowest BCUT2D eigenvalue weighted by atomic mass is 10.2. The minimum absolute atomic E-state index is 0.333. The maximum Gasteiger partial charge on any atom is 0.165 e. The average molecular weight is 293 g/mol. The van der Waals surface area contributed by atoms with Crippen molar-refractivity contribution in [3.05, 3.63) is 46.2 Å². The molecule has 2 heterocycles. The van der Waals surface area contributed by atoms with Gasteiger partial charge >= 0.3 is 0 Å². The highest BCUT2D eigenvalue weighted by molar-refractivity contribution is 7.18. The van der Waals surface area contributed by atoms with E-state index in [-0.39, 0.29) is 5.82 Å². The molecule has 3 rings (SSSR count). The molecule has 0 aliphatic rings. The highest BCUT2D eigenvalue weighted by atomic mass is 35.5. The van der Waals surface area contributed by atoms with Gasteiger partial charge in [0.25, 0.3) is 0 Å². The van der Waals surface area contributed by atoms with E-state index in [0.29, 0.717) is 16.5 Å². The fourth-order valence-corrected chi connectivity index (χ4v) is 3.12. The second kappa shape index (κ2) is 4.87. The van der Waals surface area contributed by atoms with E-state index < -0.39 is 0 Å². The van der Waals surface area contributed by atoms with E-state index in [1.165, 1.54) is 10.9 Å². The quantitative estimate of drug-likeness (QED) is 0.639. The van der Waals surface area contributed by atoms with Crippen LogP contribution in [0.15, 0.2) is 30.3 Å². The Bertz CT molecular complexity index is 754. The number of fused-ring (bicyclic) bond motifs is 1. The number of aryl methyl sites for hydroxylation is 1. The number of hydrogen-bond donors (Lipinski definition) is 0. The molecule has 0 saturated heterocycles. The van der Waals surface area contributed by atoms with Gasteiger partial charge in [-0.25, -0.2) is 14.4 Å². The normalized spacial score (nSPS) is 11.1. The first-order valence-corrected chi connectivity index (χ1v) is 7.09. The van der Waals surface area contributed by atoms with Crippen molar-refractivity contribution in [1.82, 2.24) is 9.97 Å². The van der Waals surface area contributed by atoms with E-state index in [9.17, 15) is 4.39 Å². The highest BCUT2D eigenvalue weighted by Crippen LogP contribution is 2.31.